The molecule has 0 radical (unpaired) electrons. The number of hydrogen-bond acceptors (Lipinski definition) is 4. The van der Waals surface area contributed by atoms with Gasteiger partial charge in [0.15, 0.2) is 0 Å². The van der Waals surface area contributed by atoms with Gasteiger partial charge in [0, 0.05) is 19.3 Å². The number of ether oxygens (including phenoxy) is 1. The Kier molecular flexibility index (Phi) is 3.80. The largest absolute Gasteiger partial charge is 0.478 e. The highest BCUT2D eigenvalue weighted by Gasteiger charge is 2.30. The first-order valence-electron chi connectivity index (χ1n) is 6.12. The Balaban J connectivity index is 1.99. The van der Waals surface area contributed by atoms with Crippen molar-refractivity contribution < 1.29 is 19.4 Å². The van der Waals surface area contributed by atoms with Crippen molar-refractivity contribution in [1.82, 2.24) is 10.3 Å². The second kappa shape index (κ2) is 5.36. The van der Waals surface area contributed by atoms with Crippen LogP contribution >= 0.6 is 0 Å². The lowest BCUT2D eigenvalue weighted by atomic mass is 10.0. The van der Waals surface area contributed by atoms with Crippen LogP contribution in [0.4, 0.5) is 0 Å². The van der Waals surface area contributed by atoms with Gasteiger partial charge in [-0.1, -0.05) is 0 Å². The van der Waals surface area contributed by atoms with E-state index in [9.17, 15) is 9.59 Å². The quantitative estimate of drug-likeness (QED) is 0.849. The number of hydrogen-bond donors (Lipinski definition) is 2. The molecule has 2 rings (SSSR count). The van der Waals surface area contributed by atoms with Crippen LogP contribution < -0.4 is 5.32 Å². The zero-order valence-electron chi connectivity index (χ0n) is 10.7. The van der Waals surface area contributed by atoms with Gasteiger partial charge in [-0.15, -0.1) is 0 Å². The first kappa shape index (κ1) is 13.5. The summed E-state index contributed by atoms with van der Waals surface area (Å²) in [5.74, 6) is -1.47. The summed E-state index contributed by atoms with van der Waals surface area (Å²) in [5, 5.41) is 11.6. The number of pyridine rings is 1. The van der Waals surface area contributed by atoms with E-state index in [1.54, 1.807) is 0 Å². The number of carbonyl (C=O) groups is 2. The fourth-order valence-corrected chi connectivity index (χ4v) is 2.02. The Hall–Kier alpha value is -1.95. The van der Waals surface area contributed by atoms with Gasteiger partial charge in [0.1, 0.15) is 5.69 Å². The van der Waals surface area contributed by atoms with Gasteiger partial charge in [-0.3, -0.25) is 9.78 Å². The average Bonchev–Trinajstić information content (AvgIpc) is 2.83. The monoisotopic (exact) mass is 264 g/mol. The third kappa shape index (κ3) is 3.29. The number of amides is 1. The molecule has 2 N–H and O–H groups in total. The van der Waals surface area contributed by atoms with Crippen molar-refractivity contribution in [2.45, 2.75) is 25.4 Å². The maximum Gasteiger partial charge on any atom is 0.335 e. The number of nitrogens with zero attached hydrogens (tertiary/aromatic N) is 1. The van der Waals surface area contributed by atoms with Crippen LogP contribution in [0, 0.1) is 0 Å². The molecule has 1 aliphatic heterocycles. The molecular formula is C13H16N2O4. The Morgan fingerprint density at radius 2 is 2.37 bits per heavy atom. The zero-order chi connectivity index (χ0) is 13.9. The maximum atomic E-state index is 11.9. The number of aromatic carboxylic acids is 1. The lowest BCUT2D eigenvalue weighted by Gasteiger charge is -2.23. The van der Waals surface area contributed by atoms with Crippen LogP contribution in [-0.4, -0.2) is 40.7 Å². The van der Waals surface area contributed by atoms with E-state index in [4.69, 9.17) is 9.84 Å². The smallest absolute Gasteiger partial charge is 0.335 e. The van der Waals surface area contributed by atoms with Crippen molar-refractivity contribution >= 4 is 11.9 Å². The molecule has 1 unspecified atom stereocenters. The topological polar surface area (TPSA) is 88.5 Å². The molecule has 19 heavy (non-hydrogen) atoms. The summed E-state index contributed by atoms with van der Waals surface area (Å²) in [6, 6.07) is 2.61. The molecular weight excluding hydrogens is 248 g/mol. The Morgan fingerprint density at radius 1 is 1.58 bits per heavy atom. The van der Waals surface area contributed by atoms with E-state index in [0.717, 1.165) is 12.8 Å². The Bertz CT molecular complexity index is 495. The number of aromatic nitrogens is 1. The normalized spacial score (nSPS) is 22.2. The minimum Gasteiger partial charge on any atom is -0.478 e. The summed E-state index contributed by atoms with van der Waals surface area (Å²) in [6.07, 6.45) is 3.20. The SMILES string of the molecule is CC1(CNC(=O)c2cc(C(=O)O)ccn2)CCCO1. The van der Waals surface area contributed by atoms with Gasteiger partial charge < -0.3 is 15.2 Å². The Labute approximate surface area is 110 Å². The molecule has 0 aliphatic carbocycles. The van der Waals surface area contributed by atoms with Crippen LogP contribution in [0.2, 0.25) is 0 Å². The van der Waals surface area contributed by atoms with Gasteiger partial charge >= 0.3 is 5.97 Å². The van der Waals surface area contributed by atoms with E-state index in [-0.39, 0.29) is 22.8 Å². The molecule has 1 saturated heterocycles. The third-order valence-electron chi connectivity index (χ3n) is 3.16. The fourth-order valence-electron chi connectivity index (χ4n) is 2.02. The van der Waals surface area contributed by atoms with Gasteiger partial charge in [-0.25, -0.2) is 4.79 Å². The third-order valence-corrected chi connectivity index (χ3v) is 3.16. The van der Waals surface area contributed by atoms with E-state index in [2.05, 4.69) is 10.3 Å². The highest BCUT2D eigenvalue weighted by atomic mass is 16.5. The standard InChI is InChI=1S/C13H16N2O4/c1-13(4-2-6-19-13)8-15-11(16)10-7-9(12(17)18)3-5-14-10/h3,5,7H,2,4,6,8H2,1H3,(H,15,16)(H,17,18). The molecule has 1 amide bonds. The molecule has 0 spiro atoms. The summed E-state index contributed by atoms with van der Waals surface area (Å²) < 4.78 is 5.56. The van der Waals surface area contributed by atoms with Crippen LogP contribution in [-0.2, 0) is 4.74 Å². The first-order valence-corrected chi connectivity index (χ1v) is 6.12. The van der Waals surface area contributed by atoms with E-state index in [1.165, 1.54) is 18.3 Å². The average molecular weight is 264 g/mol. The lowest BCUT2D eigenvalue weighted by molar-refractivity contribution is 0.0205. The summed E-state index contributed by atoms with van der Waals surface area (Å²) in [6.45, 7) is 3.05. The molecule has 2 heterocycles. The molecule has 6 nitrogen and oxygen atoms in total. The van der Waals surface area contributed by atoms with Crippen LogP contribution in [0.5, 0.6) is 0 Å². The van der Waals surface area contributed by atoms with Gasteiger partial charge in [-0.2, -0.15) is 0 Å². The minimum atomic E-state index is -1.08. The van der Waals surface area contributed by atoms with E-state index in [0.29, 0.717) is 13.2 Å². The second-order valence-corrected chi connectivity index (χ2v) is 4.82. The molecule has 0 saturated carbocycles. The lowest BCUT2D eigenvalue weighted by Crippen LogP contribution is -2.40. The molecule has 1 aromatic heterocycles. The maximum absolute atomic E-state index is 11.9. The number of nitrogens with one attached hydrogen (secondary N) is 1. The van der Waals surface area contributed by atoms with Crippen LogP contribution in [0.3, 0.4) is 0 Å². The molecule has 1 fully saturated rings. The molecule has 1 aromatic rings. The Morgan fingerprint density at radius 3 is 3.00 bits per heavy atom. The van der Waals surface area contributed by atoms with Crippen molar-refractivity contribution in [2.75, 3.05) is 13.2 Å². The molecule has 6 heteroatoms. The molecule has 0 bridgehead atoms. The summed E-state index contributed by atoms with van der Waals surface area (Å²) in [7, 11) is 0. The van der Waals surface area contributed by atoms with Crippen LogP contribution in [0.25, 0.3) is 0 Å². The molecule has 1 atom stereocenters. The van der Waals surface area contributed by atoms with Crippen LogP contribution in [0.1, 0.15) is 40.6 Å². The number of carboxylic acid groups (broad SMARTS) is 1. The molecule has 1 aliphatic rings. The second-order valence-electron chi connectivity index (χ2n) is 4.82. The van der Waals surface area contributed by atoms with Gasteiger partial charge in [0.25, 0.3) is 5.91 Å². The van der Waals surface area contributed by atoms with Crippen molar-refractivity contribution in [3.63, 3.8) is 0 Å². The highest BCUT2D eigenvalue weighted by Crippen LogP contribution is 2.23. The first-order chi connectivity index (χ1) is 9.00. The van der Waals surface area contributed by atoms with Gasteiger partial charge in [0.2, 0.25) is 0 Å². The number of carboxylic acids is 1. The predicted octanol–water partition coefficient (Wildman–Crippen LogP) is 1.08. The summed E-state index contributed by atoms with van der Waals surface area (Å²) in [4.78, 5) is 26.6. The van der Waals surface area contributed by atoms with E-state index >= 15 is 0 Å². The highest BCUT2D eigenvalue weighted by molar-refractivity contribution is 5.95. The van der Waals surface area contributed by atoms with E-state index in [1.807, 2.05) is 6.92 Å². The van der Waals surface area contributed by atoms with Crippen LogP contribution in [0.15, 0.2) is 18.3 Å². The van der Waals surface area contributed by atoms with Gasteiger partial charge in [0.05, 0.1) is 11.2 Å². The summed E-state index contributed by atoms with van der Waals surface area (Å²) in [5.41, 5.74) is -0.190. The molecule has 0 aromatic carbocycles. The zero-order valence-corrected chi connectivity index (χ0v) is 10.7. The molecule has 102 valence electrons. The van der Waals surface area contributed by atoms with Crippen molar-refractivity contribution in [3.05, 3.63) is 29.6 Å². The number of rotatable bonds is 4. The minimum absolute atomic E-state index is 0.0449. The van der Waals surface area contributed by atoms with Crippen molar-refractivity contribution in [3.8, 4) is 0 Å². The van der Waals surface area contributed by atoms with E-state index < -0.39 is 5.97 Å². The van der Waals surface area contributed by atoms with Crippen molar-refractivity contribution in [1.29, 1.82) is 0 Å². The summed E-state index contributed by atoms with van der Waals surface area (Å²) >= 11 is 0. The van der Waals surface area contributed by atoms with Crippen molar-refractivity contribution in [2.24, 2.45) is 0 Å². The predicted molar refractivity (Wildman–Crippen MR) is 67.1 cm³/mol. The number of carbonyl (C=O) groups excluding carboxylic acids is 1. The fraction of sp³-hybridized carbons (Fsp3) is 0.462. The van der Waals surface area contributed by atoms with Gasteiger partial charge in [-0.05, 0) is 31.9 Å².